The molecular formula is C23H21N5O4. The van der Waals surface area contributed by atoms with E-state index in [9.17, 15) is 19.8 Å². The van der Waals surface area contributed by atoms with Gasteiger partial charge in [-0.25, -0.2) is 15.8 Å². The lowest BCUT2D eigenvalue weighted by Gasteiger charge is -2.07. The molecule has 4 N–H and O–H groups in total. The molecule has 0 aliphatic carbocycles. The van der Waals surface area contributed by atoms with E-state index in [1.54, 1.807) is 56.3 Å². The fourth-order valence-corrected chi connectivity index (χ4v) is 2.67. The van der Waals surface area contributed by atoms with E-state index in [1.807, 2.05) is 0 Å². The lowest BCUT2D eigenvalue weighted by molar-refractivity contribution is 0.0943. The van der Waals surface area contributed by atoms with Crippen LogP contribution in [-0.4, -0.2) is 38.4 Å². The molecule has 1 heterocycles. The molecule has 2 aromatic carbocycles. The van der Waals surface area contributed by atoms with Gasteiger partial charge in [0.2, 0.25) is 0 Å². The second kappa shape index (κ2) is 9.98. The van der Waals surface area contributed by atoms with Gasteiger partial charge in [-0.1, -0.05) is 30.3 Å². The molecule has 0 unspecified atom stereocenters. The van der Waals surface area contributed by atoms with Crippen molar-refractivity contribution in [2.75, 3.05) is 0 Å². The van der Waals surface area contributed by atoms with E-state index in [-0.39, 0.29) is 22.6 Å². The number of amides is 2. The summed E-state index contributed by atoms with van der Waals surface area (Å²) in [5.41, 5.74) is 6.83. The van der Waals surface area contributed by atoms with Gasteiger partial charge in [0.1, 0.15) is 11.5 Å². The number of aromatic hydroxyl groups is 2. The molecule has 0 saturated carbocycles. The van der Waals surface area contributed by atoms with Crippen molar-refractivity contribution in [3.8, 4) is 11.5 Å². The van der Waals surface area contributed by atoms with E-state index in [0.29, 0.717) is 22.8 Å². The first-order valence-electron chi connectivity index (χ1n) is 9.60. The Bertz CT molecular complexity index is 1130. The molecule has 162 valence electrons. The SMILES string of the molecule is C/C(=N/NC(=O)c1ccccc1O)c1cccc(/C(C)=N\NC(=O)c2ccccc2O)n1. The fraction of sp³-hybridized carbons (Fsp3) is 0.0870. The quantitative estimate of drug-likeness (QED) is 0.351. The normalized spacial score (nSPS) is 11.7. The van der Waals surface area contributed by atoms with Crippen LogP contribution in [0.25, 0.3) is 0 Å². The van der Waals surface area contributed by atoms with Gasteiger partial charge in [0.25, 0.3) is 11.8 Å². The van der Waals surface area contributed by atoms with Crippen LogP contribution in [0.15, 0.2) is 76.9 Å². The summed E-state index contributed by atoms with van der Waals surface area (Å²) < 4.78 is 0. The third-order valence-electron chi connectivity index (χ3n) is 4.44. The number of benzene rings is 2. The number of aromatic nitrogens is 1. The van der Waals surface area contributed by atoms with E-state index in [1.165, 1.54) is 24.3 Å². The molecule has 3 rings (SSSR count). The number of phenols is 2. The highest BCUT2D eigenvalue weighted by molar-refractivity contribution is 6.03. The second-order valence-corrected chi connectivity index (χ2v) is 6.72. The largest absolute Gasteiger partial charge is 0.507 e. The van der Waals surface area contributed by atoms with Crippen molar-refractivity contribution in [3.05, 3.63) is 89.2 Å². The molecule has 9 nitrogen and oxygen atoms in total. The molecule has 9 heteroatoms. The molecule has 0 aliphatic rings. The highest BCUT2D eigenvalue weighted by atomic mass is 16.3. The Morgan fingerprint density at radius 3 is 1.50 bits per heavy atom. The summed E-state index contributed by atoms with van der Waals surface area (Å²) >= 11 is 0. The Morgan fingerprint density at radius 1 is 0.688 bits per heavy atom. The topological polar surface area (TPSA) is 136 Å². The van der Waals surface area contributed by atoms with Crippen LogP contribution in [-0.2, 0) is 0 Å². The van der Waals surface area contributed by atoms with Gasteiger partial charge in [-0.2, -0.15) is 10.2 Å². The van der Waals surface area contributed by atoms with Crippen molar-refractivity contribution >= 4 is 23.2 Å². The standard InChI is InChI=1S/C23H21N5O4/c1-14(25-27-22(31)16-8-3-5-12-20(16)29)18-10-7-11-19(24-18)15(2)26-28-23(32)17-9-4-6-13-21(17)30/h3-13,29-30H,1-2H3,(H,27,31)(H,28,32)/b25-14-,26-15-. The van der Waals surface area contributed by atoms with Crippen LogP contribution in [0.1, 0.15) is 46.0 Å². The van der Waals surface area contributed by atoms with Gasteiger partial charge < -0.3 is 10.2 Å². The number of carbonyl (C=O) groups excluding carboxylic acids is 2. The molecule has 0 atom stereocenters. The molecule has 0 fully saturated rings. The maximum Gasteiger partial charge on any atom is 0.275 e. The zero-order valence-electron chi connectivity index (χ0n) is 17.4. The highest BCUT2D eigenvalue weighted by Gasteiger charge is 2.11. The summed E-state index contributed by atoms with van der Waals surface area (Å²) in [4.78, 5) is 28.8. The van der Waals surface area contributed by atoms with Crippen LogP contribution < -0.4 is 10.9 Å². The third-order valence-corrected chi connectivity index (χ3v) is 4.44. The number of pyridine rings is 1. The van der Waals surface area contributed by atoms with E-state index in [2.05, 4.69) is 26.0 Å². The van der Waals surface area contributed by atoms with E-state index in [0.717, 1.165) is 0 Å². The minimum Gasteiger partial charge on any atom is -0.507 e. The van der Waals surface area contributed by atoms with Crippen molar-refractivity contribution < 1.29 is 19.8 Å². The minimum absolute atomic E-state index is 0.105. The number of hydrogen-bond acceptors (Lipinski definition) is 7. The molecule has 0 spiro atoms. The fourth-order valence-electron chi connectivity index (χ4n) is 2.67. The van der Waals surface area contributed by atoms with Gasteiger partial charge in [-0.15, -0.1) is 0 Å². The van der Waals surface area contributed by atoms with Gasteiger partial charge in [0.05, 0.1) is 33.9 Å². The first-order chi connectivity index (χ1) is 15.4. The van der Waals surface area contributed by atoms with Gasteiger partial charge in [-0.3, -0.25) is 9.59 Å². The molecule has 3 aromatic rings. The Labute approximate surface area is 184 Å². The number of rotatable bonds is 6. The molecule has 32 heavy (non-hydrogen) atoms. The van der Waals surface area contributed by atoms with Crippen molar-refractivity contribution in [1.82, 2.24) is 15.8 Å². The molecular weight excluding hydrogens is 410 g/mol. The Kier molecular flexibility index (Phi) is 6.92. The van der Waals surface area contributed by atoms with Crippen molar-refractivity contribution in [1.29, 1.82) is 0 Å². The zero-order chi connectivity index (χ0) is 23.1. The van der Waals surface area contributed by atoms with Gasteiger partial charge in [0, 0.05) is 0 Å². The lowest BCUT2D eigenvalue weighted by atomic mass is 10.2. The summed E-state index contributed by atoms with van der Waals surface area (Å²) in [6, 6.07) is 17.5. The third kappa shape index (κ3) is 5.33. The summed E-state index contributed by atoms with van der Waals surface area (Å²) in [6.07, 6.45) is 0. The summed E-state index contributed by atoms with van der Waals surface area (Å²) in [6.45, 7) is 3.34. The van der Waals surface area contributed by atoms with E-state index >= 15 is 0 Å². The number of para-hydroxylation sites is 2. The van der Waals surface area contributed by atoms with Crippen molar-refractivity contribution in [2.45, 2.75) is 13.8 Å². The maximum absolute atomic E-state index is 12.2. The predicted octanol–water partition coefficient (Wildman–Crippen LogP) is 2.80. The van der Waals surface area contributed by atoms with E-state index < -0.39 is 11.8 Å². The maximum atomic E-state index is 12.2. The lowest BCUT2D eigenvalue weighted by Crippen LogP contribution is -2.21. The molecule has 1 aromatic heterocycles. The Hall–Kier alpha value is -4.53. The Morgan fingerprint density at radius 2 is 1.09 bits per heavy atom. The van der Waals surface area contributed by atoms with Crippen LogP contribution >= 0.6 is 0 Å². The number of nitrogens with zero attached hydrogens (tertiary/aromatic N) is 3. The average Bonchev–Trinajstić information content (AvgIpc) is 2.81. The number of hydrogen-bond donors (Lipinski definition) is 4. The smallest absolute Gasteiger partial charge is 0.275 e. The number of carbonyl (C=O) groups is 2. The van der Waals surface area contributed by atoms with Crippen molar-refractivity contribution in [3.63, 3.8) is 0 Å². The van der Waals surface area contributed by atoms with Gasteiger partial charge in [-0.05, 0) is 50.2 Å². The van der Waals surface area contributed by atoms with Crippen LogP contribution in [0.2, 0.25) is 0 Å². The Balaban J connectivity index is 1.71. The van der Waals surface area contributed by atoms with Crippen molar-refractivity contribution in [2.24, 2.45) is 10.2 Å². The predicted molar refractivity (Wildman–Crippen MR) is 120 cm³/mol. The van der Waals surface area contributed by atoms with Crippen LogP contribution in [0.5, 0.6) is 11.5 Å². The molecule has 0 saturated heterocycles. The number of hydrazone groups is 2. The average molecular weight is 431 g/mol. The summed E-state index contributed by atoms with van der Waals surface area (Å²) in [5.74, 6) is -1.39. The number of phenolic OH excluding ortho intramolecular Hbond substituents is 2. The monoisotopic (exact) mass is 431 g/mol. The minimum atomic E-state index is -0.553. The molecule has 0 aliphatic heterocycles. The van der Waals surface area contributed by atoms with Gasteiger partial charge in [0.15, 0.2) is 0 Å². The van der Waals surface area contributed by atoms with Crippen LogP contribution in [0, 0.1) is 0 Å². The summed E-state index contributed by atoms with van der Waals surface area (Å²) in [7, 11) is 0. The molecule has 0 bridgehead atoms. The second-order valence-electron chi connectivity index (χ2n) is 6.72. The highest BCUT2D eigenvalue weighted by Crippen LogP contribution is 2.16. The van der Waals surface area contributed by atoms with Gasteiger partial charge >= 0.3 is 0 Å². The number of nitrogens with one attached hydrogen (secondary N) is 2. The molecule has 2 amide bonds. The zero-order valence-corrected chi connectivity index (χ0v) is 17.4. The first kappa shape index (κ1) is 22.2. The first-order valence-corrected chi connectivity index (χ1v) is 9.60. The van der Waals surface area contributed by atoms with E-state index in [4.69, 9.17) is 0 Å². The summed E-state index contributed by atoms with van der Waals surface area (Å²) in [5, 5.41) is 27.6. The van der Waals surface area contributed by atoms with Crippen LogP contribution in [0.3, 0.4) is 0 Å². The van der Waals surface area contributed by atoms with Crippen LogP contribution in [0.4, 0.5) is 0 Å². The molecule has 0 radical (unpaired) electrons.